The van der Waals surface area contributed by atoms with Crippen molar-refractivity contribution < 1.29 is 0 Å². The number of benzene rings is 8. The lowest BCUT2D eigenvalue weighted by molar-refractivity contribution is 1.18. The number of rotatable bonds is 5. The minimum Gasteiger partial charge on any atom is -0.309 e. The summed E-state index contributed by atoms with van der Waals surface area (Å²) >= 11 is 1.27. The summed E-state index contributed by atoms with van der Waals surface area (Å²) in [6, 6.07) is 60.6. The van der Waals surface area contributed by atoms with E-state index in [2.05, 4.69) is 179 Å². The fraction of sp³-hybridized carbons (Fsp3) is 0. The van der Waals surface area contributed by atoms with Gasteiger partial charge in [0.25, 0.3) is 0 Å². The molecule has 0 amide bonds. The van der Waals surface area contributed by atoms with Crippen LogP contribution < -0.4 is 4.90 Å². The molecule has 0 unspecified atom stereocenters. The minimum absolute atomic E-state index is 0.878. The van der Waals surface area contributed by atoms with Gasteiger partial charge in [0.15, 0.2) is 0 Å². The molecule has 5 heteroatoms. The molecule has 10 rings (SSSR count). The Labute approximate surface area is 287 Å². The fourth-order valence-electron chi connectivity index (χ4n) is 7.46. The normalized spacial score (nSPS) is 11.7. The number of anilines is 3. The van der Waals surface area contributed by atoms with Crippen LogP contribution in [0.3, 0.4) is 0 Å². The Balaban J connectivity index is 1.28. The van der Waals surface area contributed by atoms with Crippen LogP contribution in [0.4, 0.5) is 17.1 Å². The zero-order chi connectivity index (χ0) is 32.3. The van der Waals surface area contributed by atoms with Gasteiger partial charge in [-0.25, -0.2) is 0 Å². The molecule has 0 radical (unpaired) electrons. The predicted molar refractivity (Wildman–Crippen MR) is 207 cm³/mol. The van der Waals surface area contributed by atoms with E-state index in [0.717, 1.165) is 44.9 Å². The van der Waals surface area contributed by atoms with Gasteiger partial charge < -0.3 is 9.47 Å². The van der Waals surface area contributed by atoms with Gasteiger partial charge in [0.1, 0.15) is 11.0 Å². The van der Waals surface area contributed by atoms with Crippen molar-refractivity contribution in [3.05, 3.63) is 170 Å². The molecule has 230 valence electrons. The van der Waals surface area contributed by atoms with E-state index < -0.39 is 0 Å². The van der Waals surface area contributed by atoms with Crippen LogP contribution in [-0.2, 0) is 0 Å². The molecule has 0 bridgehead atoms. The highest BCUT2D eigenvalue weighted by atomic mass is 32.1. The summed E-state index contributed by atoms with van der Waals surface area (Å²) in [4.78, 5) is 2.30. The Kier molecular flexibility index (Phi) is 6.32. The van der Waals surface area contributed by atoms with Crippen molar-refractivity contribution in [2.75, 3.05) is 4.90 Å². The van der Waals surface area contributed by atoms with Crippen LogP contribution in [0.2, 0.25) is 0 Å². The second-order valence-corrected chi connectivity index (χ2v) is 12.9. The van der Waals surface area contributed by atoms with Gasteiger partial charge in [-0.05, 0) is 82.2 Å². The monoisotopic (exact) mass is 644 g/mol. The highest BCUT2D eigenvalue weighted by molar-refractivity contribution is 7.00. The van der Waals surface area contributed by atoms with E-state index in [9.17, 15) is 0 Å². The second kappa shape index (κ2) is 11.2. The fourth-order valence-corrected chi connectivity index (χ4v) is 8.03. The minimum atomic E-state index is 0.878. The standard InChI is InChI=1S/C44H28N4S/c1-3-16-32(17-4-1)47(34-24-23-29-13-7-8-14-30(29)27-34)40-26-25-36(42-43(40)46-49-45-42)38-28-31-15-9-10-20-35(31)41-37-21-11-12-22-39(37)48(44(38)41)33-18-5-2-6-19-33/h1-28H. The second-order valence-electron chi connectivity index (χ2n) is 12.4. The number of hydrogen-bond donors (Lipinski definition) is 0. The summed E-state index contributed by atoms with van der Waals surface area (Å²) in [6.45, 7) is 0. The lowest BCUT2D eigenvalue weighted by Crippen LogP contribution is -2.10. The van der Waals surface area contributed by atoms with Crippen LogP contribution in [0.25, 0.3) is 71.2 Å². The van der Waals surface area contributed by atoms with Gasteiger partial charge in [-0.2, -0.15) is 8.75 Å². The highest BCUT2D eigenvalue weighted by Crippen LogP contribution is 2.46. The van der Waals surface area contributed by atoms with Crippen molar-refractivity contribution in [3.8, 4) is 16.8 Å². The van der Waals surface area contributed by atoms with Crippen molar-refractivity contribution in [2.45, 2.75) is 0 Å². The molecular weight excluding hydrogens is 617 g/mol. The maximum Gasteiger partial charge on any atom is 0.129 e. The van der Waals surface area contributed by atoms with E-state index in [-0.39, 0.29) is 0 Å². The third-order valence-corrected chi connectivity index (χ3v) is 10.1. The average molecular weight is 645 g/mol. The molecular formula is C44H28N4S. The molecule has 10 aromatic rings. The van der Waals surface area contributed by atoms with E-state index in [1.165, 1.54) is 55.1 Å². The molecule has 0 saturated carbocycles. The maximum absolute atomic E-state index is 5.01. The van der Waals surface area contributed by atoms with Crippen LogP contribution in [0, 0.1) is 0 Å². The average Bonchev–Trinajstić information content (AvgIpc) is 3.80. The summed E-state index contributed by atoms with van der Waals surface area (Å²) in [5, 5.41) is 7.32. The molecule has 2 aromatic heterocycles. The Morgan fingerprint density at radius 1 is 0.469 bits per heavy atom. The lowest BCUT2D eigenvalue weighted by atomic mass is 9.95. The van der Waals surface area contributed by atoms with E-state index in [0.29, 0.717) is 0 Å². The first-order valence-electron chi connectivity index (χ1n) is 16.4. The topological polar surface area (TPSA) is 34.0 Å². The Hall–Kier alpha value is -6.30. The molecule has 0 saturated heterocycles. The molecule has 4 nitrogen and oxygen atoms in total. The largest absolute Gasteiger partial charge is 0.309 e. The smallest absolute Gasteiger partial charge is 0.129 e. The van der Waals surface area contributed by atoms with Gasteiger partial charge in [0.05, 0.1) is 28.4 Å². The summed E-state index contributed by atoms with van der Waals surface area (Å²) in [5.41, 5.74) is 10.6. The molecule has 2 heterocycles. The quantitative estimate of drug-likeness (QED) is 0.187. The Bertz CT molecular complexity index is 2840. The Morgan fingerprint density at radius 3 is 1.98 bits per heavy atom. The van der Waals surface area contributed by atoms with Crippen molar-refractivity contribution >= 4 is 83.2 Å². The Morgan fingerprint density at radius 2 is 1.14 bits per heavy atom. The first-order chi connectivity index (χ1) is 24.3. The summed E-state index contributed by atoms with van der Waals surface area (Å²) in [5.74, 6) is 0. The van der Waals surface area contributed by atoms with Gasteiger partial charge >= 0.3 is 0 Å². The molecule has 49 heavy (non-hydrogen) atoms. The van der Waals surface area contributed by atoms with E-state index in [1.807, 2.05) is 0 Å². The van der Waals surface area contributed by atoms with Crippen LogP contribution in [0.15, 0.2) is 170 Å². The van der Waals surface area contributed by atoms with Gasteiger partial charge in [-0.15, -0.1) is 0 Å². The highest BCUT2D eigenvalue weighted by Gasteiger charge is 2.24. The molecule has 8 aromatic carbocycles. The molecule has 0 aliphatic heterocycles. The first kappa shape index (κ1) is 27.8. The van der Waals surface area contributed by atoms with E-state index in [4.69, 9.17) is 8.75 Å². The number of hydrogen-bond acceptors (Lipinski definition) is 4. The van der Waals surface area contributed by atoms with Crippen molar-refractivity contribution in [3.63, 3.8) is 0 Å². The van der Waals surface area contributed by atoms with Gasteiger partial charge in [-0.1, -0.05) is 109 Å². The number of aromatic nitrogens is 3. The number of fused-ring (bicyclic) bond motifs is 7. The van der Waals surface area contributed by atoms with Gasteiger partial charge in [-0.3, -0.25) is 0 Å². The SMILES string of the molecule is c1ccc(N(c2ccc3ccccc3c2)c2ccc(-c3cc4ccccc4c4c5ccccc5n(-c5ccccc5)c34)c3nsnc23)cc1. The van der Waals surface area contributed by atoms with Gasteiger partial charge in [0, 0.05) is 39.0 Å². The maximum atomic E-state index is 5.01. The molecule has 0 atom stereocenters. The molecule has 0 fully saturated rings. The predicted octanol–water partition coefficient (Wildman–Crippen LogP) is 12.2. The van der Waals surface area contributed by atoms with Crippen LogP contribution >= 0.6 is 11.7 Å². The van der Waals surface area contributed by atoms with E-state index in [1.54, 1.807) is 0 Å². The van der Waals surface area contributed by atoms with Gasteiger partial charge in [0.2, 0.25) is 0 Å². The zero-order valence-corrected chi connectivity index (χ0v) is 27.2. The van der Waals surface area contributed by atoms with Crippen molar-refractivity contribution in [1.29, 1.82) is 0 Å². The zero-order valence-electron chi connectivity index (χ0n) is 26.4. The molecule has 0 N–H and O–H groups in total. The van der Waals surface area contributed by atoms with Crippen molar-refractivity contribution in [2.24, 2.45) is 0 Å². The third kappa shape index (κ3) is 4.37. The summed E-state index contributed by atoms with van der Waals surface area (Å²) in [7, 11) is 0. The number of para-hydroxylation sites is 3. The summed E-state index contributed by atoms with van der Waals surface area (Å²) in [6.07, 6.45) is 0. The molecule has 0 aliphatic carbocycles. The molecule has 0 aliphatic rings. The van der Waals surface area contributed by atoms with Crippen molar-refractivity contribution in [1.82, 2.24) is 13.3 Å². The number of nitrogens with zero attached hydrogens (tertiary/aromatic N) is 4. The van der Waals surface area contributed by atoms with Crippen LogP contribution in [0.5, 0.6) is 0 Å². The summed E-state index contributed by atoms with van der Waals surface area (Å²) < 4.78 is 12.4. The van der Waals surface area contributed by atoms with E-state index >= 15 is 0 Å². The first-order valence-corrected chi connectivity index (χ1v) is 17.2. The third-order valence-electron chi connectivity index (χ3n) is 9.61. The van der Waals surface area contributed by atoms with Crippen LogP contribution in [-0.4, -0.2) is 13.3 Å². The van der Waals surface area contributed by atoms with Crippen LogP contribution in [0.1, 0.15) is 0 Å². The molecule has 0 spiro atoms. The lowest BCUT2D eigenvalue weighted by Gasteiger charge is -2.26.